The second kappa shape index (κ2) is 9.75. The molecule has 1 saturated heterocycles. The normalized spacial score (nSPS) is 13.0. The highest BCUT2D eigenvalue weighted by atomic mass is 35.5. The summed E-state index contributed by atoms with van der Waals surface area (Å²) in [5.41, 5.74) is 4.28. The van der Waals surface area contributed by atoms with Crippen LogP contribution in [0.25, 0.3) is 0 Å². The van der Waals surface area contributed by atoms with E-state index in [1.165, 1.54) is 0 Å². The number of nitrogens with one attached hydrogen (secondary N) is 3. The summed E-state index contributed by atoms with van der Waals surface area (Å²) in [6.45, 7) is 3.77. The predicted molar refractivity (Wildman–Crippen MR) is 131 cm³/mol. The van der Waals surface area contributed by atoms with Crippen LogP contribution in [0.1, 0.15) is 28.8 Å². The van der Waals surface area contributed by atoms with Crippen molar-refractivity contribution in [3.05, 3.63) is 82.9 Å². The fourth-order valence-electron chi connectivity index (χ4n) is 3.70. The largest absolute Gasteiger partial charge is 0.370 e. The molecule has 164 valence electrons. The number of carbonyl (C=O) groups is 2. The molecule has 3 N–H and O–H groups in total. The lowest BCUT2D eigenvalue weighted by Gasteiger charge is -2.22. The van der Waals surface area contributed by atoms with Gasteiger partial charge in [-0.2, -0.15) is 0 Å². The number of nitrogens with zero attached hydrogens (tertiary/aromatic N) is 1. The zero-order chi connectivity index (χ0) is 22.5. The summed E-state index contributed by atoms with van der Waals surface area (Å²) in [5.74, 6) is -0.204. The van der Waals surface area contributed by atoms with Crippen molar-refractivity contribution in [3.63, 3.8) is 0 Å². The van der Waals surface area contributed by atoms with Gasteiger partial charge in [0.15, 0.2) is 0 Å². The summed E-state index contributed by atoms with van der Waals surface area (Å²) in [7, 11) is 0. The number of hydrogen-bond donors (Lipinski definition) is 3. The lowest BCUT2D eigenvalue weighted by Crippen LogP contribution is -2.24. The van der Waals surface area contributed by atoms with Gasteiger partial charge in [-0.1, -0.05) is 35.9 Å². The Balaban J connectivity index is 1.54. The first kappa shape index (κ1) is 21.7. The van der Waals surface area contributed by atoms with Crippen molar-refractivity contribution < 1.29 is 9.59 Å². The molecule has 0 aromatic heterocycles. The first-order valence-corrected chi connectivity index (χ1v) is 11.0. The average Bonchev–Trinajstić information content (AvgIpc) is 3.32. The summed E-state index contributed by atoms with van der Waals surface area (Å²) in [6, 6.07) is 19.6. The molecule has 1 aliphatic rings. The van der Waals surface area contributed by atoms with Gasteiger partial charge in [-0.05, 0) is 67.8 Å². The SMILES string of the molecule is Cc1ccc(NC(=O)Nc2cc(NC(=O)c3ccccc3)ccc2N2CCCC2)cc1Cl. The maximum Gasteiger partial charge on any atom is 0.323 e. The van der Waals surface area contributed by atoms with Crippen molar-refractivity contribution in [2.45, 2.75) is 19.8 Å². The molecule has 1 heterocycles. The molecule has 0 aliphatic carbocycles. The van der Waals surface area contributed by atoms with Crippen LogP contribution in [0.2, 0.25) is 5.02 Å². The fraction of sp³-hybridized carbons (Fsp3) is 0.200. The third-order valence-corrected chi connectivity index (χ3v) is 5.82. The molecule has 1 fully saturated rings. The monoisotopic (exact) mass is 448 g/mol. The van der Waals surface area contributed by atoms with Gasteiger partial charge in [0.05, 0.1) is 11.4 Å². The molecule has 3 aromatic carbocycles. The topological polar surface area (TPSA) is 73.5 Å². The number of halogens is 1. The summed E-state index contributed by atoms with van der Waals surface area (Å²) < 4.78 is 0. The van der Waals surface area contributed by atoms with E-state index in [9.17, 15) is 9.59 Å². The predicted octanol–water partition coefficient (Wildman–Crippen LogP) is 6.14. The maximum absolute atomic E-state index is 12.7. The summed E-state index contributed by atoms with van der Waals surface area (Å²) in [6.07, 6.45) is 2.22. The summed E-state index contributed by atoms with van der Waals surface area (Å²) in [5, 5.41) is 9.25. The van der Waals surface area contributed by atoms with Gasteiger partial charge in [-0.3, -0.25) is 4.79 Å². The molecule has 0 unspecified atom stereocenters. The van der Waals surface area contributed by atoms with E-state index in [1.807, 2.05) is 43.3 Å². The number of carbonyl (C=O) groups excluding carboxylic acids is 2. The molecule has 1 aliphatic heterocycles. The Hall–Kier alpha value is -3.51. The van der Waals surface area contributed by atoms with E-state index in [2.05, 4.69) is 20.9 Å². The van der Waals surface area contributed by atoms with Crippen LogP contribution in [0.15, 0.2) is 66.7 Å². The minimum absolute atomic E-state index is 0.204. The van der Waals surface area contributed by atoms with Crippen LogP contribution in [0.4, 0.5) is 27.5 Å². The molecule has 0 saturated carbocycles. The number of hydrogen-bond acceptors (Lipinski definition) is 3. The molecule has 4 rings (SSSR count). The fourth-order valence-corrected chi connectivity index (χ4v) is 3.88. The molecule has 3 aromatic rings. The molecular formula is C25H25ClN4O2. The van der Waals surface area contributed by atoms with Crippen LogP contribution in [-0.2, 0) is 0 Å². The van der Waals surface area contributed by atoms with Crippen LogP contribution in [0.5, 0.6) is 0 Å². The van der Waals surface area contributed by atoms with E-state index >= 15 is 0 Å². The number of benzene rings is 3. The zero-order valence-corrected chi connectivity index (χ0v) is 18.6. The minimum atomic E-state index is -0.378. The zero-order valence-electron chi connectivity index (χ0n) is 17.8. The van der Waals surface area contributed by atoms with Gasteiger partial charge in [0.1, 0.15) is 0 Å². The van der Waals surface area contributed by atoms with Crippen LogP contribution in [0, 0.1) is 6.92 Å². The minimum Gasteiger partial charge on any atom is -0.370 e. The highest BCUT2D eigenvalue weighted by Gasteiger charge is 2.18. The standard InChI is InChI=1S/C25H25ClN4O2/c1-17-9-10-19(15-21(17)26)28-25(32)29-22-16-20(11-12-23(22)30-13-5-6-14-30)27-24(31)18-7-3-2-4-8-18/h2-4,7-12,15-16H,5-6,13-14H2,1H3,(H,27,31)(H2,28,29,32). The third-order valence-electron chi connectivity index (χ3n) is 5.42. The number of rotatable bonds is 5. The molecule has 0 radical (unpaired) electrons. The number of urea groups is 1. The number of anilines is 4. The quantitative estimate of drug-likeness (QED) is 0.438. The highest BCUT2D eigenvalue weighted by molar-refractivity contribution is 6.31. The summed E-state index contributed by atoms with van der Waals surface area (Å²) >= 11 is 6.17. The Kier molecular flexibility index (Phi) is 6.61. The van der Waals surface area contributed by atoms with Crippen molar-refractivity contribution in [2.24, 2.45) is 0 Å². The van der Waals surface area contributed by atoms with Crippen molar-refractivity contribution in [1.82, 2.24) is 0 Å². The molecule has 6 nitrogen and oxygen atoms in total. The molecular weight excluding hydrogens is 424 g/mol. The van der Waals surface area contributed by atoms with Gasteiger partial charge < -0.3 is 20.9 Å². The van der Waals surface area contributed by atoms with Gasteiger partial charge >= 0.3 is 6.03 Å². The molecule has 0 bridgehead atoms. The van der Waals surface area contributed by atoms with Gasteiger partial charge in [-0.15, -0.1) is 0 Å². The van der Waals surface area contributed by atoms with Crippen molar-refractivity contribution >= 4 is 46.3 Å². The first-order valence-electron chi connectivity index (χ1n) is 10.6. The molecule has 3 amide bonds. The molecule has 0 spiro atoms. The Morgan fingerprint density at radius 1 is 0.844 bits per heavy atom. The molecule has 0 atom stereocenters. The number of amides is 3. The van der Waals surface area contributed by atoms with E-state index in [4.69, 9.17) is 11.6 Å². The van der Waals surface area contributed by atoms with Crippen LogP contribution >= 0.6 is 11.6 Å². The third kappa shape index (κ3) is 5.21. The summed E-state index contributed by atoms with van der Waals surface area (Å²) in [4.78, 5) is 27.5. The smallest absolute Gasteiger partial charge is 0.323 e. The second-order valence-corrected chi connectivity index (χ2v) is 8.20. The van der Waals surface area contributed by atoms with Crippen LogP contribution < -0.4 is 20.9 Å². The Bertz CT molecular complexity index is 1130. The van der Waals surface area contributed by atoms with Gasteiger partial charge in [0.25, 0.3) is 5.91 Å². The van der Waals surface area contributed by atoms with Gasteiger partial charge in [-0.25, -0.2) is 4.79 Å². The number of aryl methyl sites for hydroxylation is 1. The Morgan fingerprint density at radius 3 is 2.25 bits per heavy atom. The van der Waals surface area contributed by atoms with E-state index in [0.29, 0.717) is 27.6 Å². The maximum atomic E-state index is 12.7. The lowest BCUT2D eigenvalue weighted by molar-refractivity contribution is 0.102. The van der Waals surface area contributed by atoms with E-state index in [0.717, 1.165) is 37.2 Å². The Labute approximate surface area is 192 Å². The lowest BCUT2D eigenvalue weighted by atomic mass is 10.2. The van der Waals surface area contributed by atoms with Gasteiger partial charge in [0.2, 0.25) is 0 Å². The highest BCUT2D eigenvalue weighted by Crippen LogP contribution is 2.32. The molecule has 7 heteroatoms. The van der Waals surface area contributed by atoms with E-state index in [-0.39, 0.29) is 11.9 Å². The first-order chi connectivity index (χ1) is 15.5. The van der Waals surface area contributed by atoms with Crippen molar-refractivity contribution in [3.8, 4) is 0 Å². The average molecular weight is 449 g/mol. The molecule has 32 heavy (non-hydrogen) atoms. The van der Waals surface area contributed by atoms with E-state index < -0.39 is 0 Å². The van der Waals surface area contributed by atoms with Crippen molar-refractivity contribution in [1.29, 1.82) is 0 Å². The Morgan fingerprint density at radius 2 is 1.53 bits per heavy atom. The van der Waals surface area contributed by atoms with Gasteiger partial charge in [0, 0.05) is 35.1 Å². The van der Waals surface area contributed by atoms with E-state index in [1.54, 1.807) is 30.3 Å². The van der Waals surface area contributed by atoms with Crippen molar-refractivity contribution in [2.75, 3.05) is 33.9 Å². The van der Waals surface area contributed by atoms with Crippen LogP contribution in [-0.4, -0.2) is 25.0 Å². The van der Waals surface area contributed by atoms with Crippen LogP contribution in [0.3, 0.4) is 0 Å². The second-order valence-electron chi connectivity index (χ2n) is 7.79.